The van der Waals surface area contributed by atoms with Crippen LogP contribution in [-0.4, -0.2) is 62.5 Å². The molecular formula is C20H27N7O2S. The lowest BCUT2D eigenvalue weighted by Gasteiger charge is -2.34. The van der Waals surface area contributed by atoms with Gasteiger partial charge in [0.15, 0.2) is 11.0 Å². The Morgan fingerprint density at radius 3 is 2.60 bits per heavy atom. The van der Waals surface area contributed by atoms with E-state index < -0.39 is 0 Å². The number of anilines is 1. The van der Waals surface area contributed by atoms with Crippen LogP contribution in [-0.2, 0) is 4.79 Å². The van der Waals surface area contributed by atoms with Crippen molar-refractivity contribution in [3.05, 3.63) is 17.4 Å². The van der Waals surface area contributed by atoms with Crippen molar-refractivity contribution in [2.75, 3.05) is 36.8 Å². The Balaban J connectivity index is 1.32. The molecule has 1 saturated heterocycles. The van der Waals surface area contributed by atoms with E-state index in [0.29, 0.717) is 55.4 Å². The fourth-order valence-corrected chi connectivity index (χ4v) is 5.24. The van der Waals surface area contributed by atoms with Crippen LogP contribution in [0.25, 0.3) is 0 Å². The highest BCUT2D eigenvalue weighted by atomic mass is 32.2. The van der Waals surface area contributed by atoms with E-state index in [2.05, 4.69) is 25.8 Å². The van der Waals surface area contributed by atoms with Crippen molar-refractivity contribution in [2.24, 2.45) is 0 Å². The summed E-state index contributed by atoms with van der Waals surface area (Å²) in [5.74, 6) is 2.38. The summed E-state index contributed by atoms with van der Waals surface area (Å²) < 4.78 is 7.81. The van der Waals surface area contributed by atoms with Crippen LogP contribution in [0.2, 0.25) is 0 Å². The number of carbonyl (C=O) groups excluding carboxylic acids is 1. The standard InChI is InChI=1S/C20H27N7O2S/c1-14-23-24-20(27(14)16-6-4-3-5-7-16)30-13-18(28)25-8-10-26(11-9-25)19-17(12-21)22-15(2)29-19/h16H,3-11,13H2,1-2H3. The van der Waals surface area contributed by atoms with Crippen molar-refractivity contribution < 1.29 is 9.21 Å². The SMILES string of the molecule is Cc1nc(C#N)c(N2CCN(C(=O)CSc3nnc(C)n3C3CCCCC3)CC2)o1. The molecule has 0 aromatic carbocycles. The van der Waals surface area contributed by atoms with Gasteiger partial charge in [-0.2, -0.15) is 5.26 Å². The number of hydrogen-bond acceptors (Lipinski definition) is 8. The average molecular weight is 430 g/mol. The first-order chi connectivity index (χ1) is 14.6. The van der Waals surface area contributed by atoms with Gasteiger partial charge in [0, 0.05) is 39.1 Å². The summed E-state index contributed by atoms with van der Waals surface area (Å²) in [6.45, 7) is 6.16. The number of aromatic nitrogens is 4. The molecule has 1 saturated carbocycles. The highest BCUT2D eigenvalue weighted by molar-refractivity contribution is 7.99. The molecule has 0 unspecified atom stereocenters. The van der Waals surface area contributed by atoms with Gasteiger partial charge in [0.1, 0.15) is 11.9 Å². The maximum Gasteiger partial charge on any atom is 0.234 e. The molecule has 160 valence electrons. The molecule has 1 aliphatic heterocycles. The number of hydrogen-bond donors (Lipinski definition) is 0. The van der Waals surface area contributed by atoms with Gasteiger partial charge < -0.3 is 18.8 Å². The van der Waals surface area contributed by atoms with Crippen molar-refractivity contribution in [3.8, 4) is 6.07 Å². The molecule has 2 fully saturated rings. The summed E-state index contributed by atoms with van der Waals surface area (Å²) >= 11 is 1.48. The van der Waals surface area contributed by atoms with Crippen molar-refractivity contribution in [1.29, 1.82) is 5.26 Å². The summed E-state index contributed by atoms with van der Waals surface area (Å²) in [7, 11) is 0. The zero-order chi connectivity index (χ0) is 21.1. The van der Waals surface area contributed by atoms with E-state index >= 15 is 0 Å². The molecule has 0 bridgehead atoms. The third kappa shape index (κ3) is 4.31. The zero-order valence-corrected chi connectivity index (χ0v) is 18.3. The fourth-order valence-electron chi connectivity index (χ4n) is 4.29. The third-order valence-electron chi connectivity index (χ3n) is 5.84. The second kappa shape index (κ2) is 9.08. The van der Waals surface area contributed by atoms with Gasteiger partial charge in [-0.15, -0.1) is 10.2 Å². The van der Waals surface area contributed by atoms with Gasteiger partial charge in [0.2, 0.25) is 17.5 Å². The topological polar surface area (TPSA) is 104 Å². The number of thioether (sulfide) groups is 1. The van der Waals surface area contributed by atoms with Crippen LogP contribution >= 0.6 is 11.8 Å². The Bertz CT molecular complexity index is 934. The molecule has 3 heterocycles. The molecule has 2 aromatic heterocycles. The van der Waals surface area contributed by atoms with Gasteiger partial charge in [-0.1, -0.05) is 31.0 Å². The van der Waals surface area contributed by atoms with Crippen LogP contribution in [0.3, 0.4) is 0 Å². The minimum Gasteiger partial charge on any atom is -0.424 e. The van der Waals surface area contributed by atoms with Crippen LogP contribution < -0.4 is 4.90 Å². The summed E-state index contributed by atoms with van der Waals surface area (Å²) in [6.07, 6.45) is 6.11. The first-order valence-corrected chi connectivity index (χ1v) is 11.5. The monoisotopic (exact) mass is 429 g/mol. The van der Waals surface area contributed by atoms with Gasteiger partial charge in [-0.25, -0.2) is 4.98 Å². The molecule has 2 aliphatic rings. The summed E-state index contributed by atoms with van der Waals surface area (Å²) in [5, 5.41) is 18.7. The molecule has 9 nitrogen and oxygen atoms in total. The second-order valence-corrected chi connectivity index (χ2v) is 8.79. The Hall–Kier alpha value is -2.54. The molecule has 0 atom stereocenters. The lowest BCUT2D eigenvalue weighted by molar-refractivity contribution is -0.128. The first kappa shape index (κ1) is 20.7. The highest BCUT2D eigenvalue weighted by Crippen LogP contribution is 2.32. The Labute approximate surface area is 180 Å². The summed E-state index contributed by atoms with van der Waals surface area (Å²) in [5.41, 5.74) is 0.306. The van der Waals surface area contributed by atoms with Gasteiger partial charge in [-0.05, 0) is 19.8 Å². The van der Waals surface area contributed by atoms with E-state index in [0.717, 1.165) is 23.8 Å². The number of rotatable bonds is 5. The maximum atomic E-state index is 12.8. The zero-order valence-electron chi connectivity index (χ0n) is 17.5. The number of nitriles is 1. The molecule has 0 N–H and O–H groups in total. The van der Waals surface area contributed by atoms with Gasteiger partial charge in [0.25, 0.3) is 0 Å². The molecule has 30 heavy (non-hydrogen) atoms. The number of piperazine rings is 1. The molecule has 4 rings (SSSR count). The van der Waals surface area contributed by atoms with Crippen LogP contribution in [0.5, 0.6) is 0 Å². The summed E-state index contributed by atoms with van der Waals surface area (Å²) in [4.78, 5) is 20.7. The fraction of sp³-hybridized carbons (Fsp3) is 0.650. The molecular weight excluding hydrogens is 402 g/mol. The second-order valence-electron chi connectivity index (χ2n) is 7.85. The van der Waals surface area contributed by atoms with Crippen molar-refractivity contribution in [1.82, 2.24) is 24.6 Å². The number of nitrogens with zero attached hydrogens (tertiary/aromatic N) is 7. The lowest BCUT2D eigenvalue weighted by Crippen LogP contribution is -2.49. The third-order valence-corrected chi connectivity index (χ3v) is 6.77. The van der Waals surface area contributed by atoms with Crippen molar-refractivity contribution in [2.45, 2.75) is 57.1 Å². The molecule has 2 aromatic rings. The van der Waals surface area contributed by atoms with E-state index in [1.807, 2.05) is 16.7 Å². The van der Waals surface area contributed by atoms with Crippen LogP contribution in [0.1, 0.15) is 55.6 Å². The van der Waals surface area contributed by atoms with E-state index in [4.69, 9.17) is 4.42 Å². The van der Waals surface area contributed by atoms with E-state index in [1.165, 1.54) is 31.0 Å². The van der Waals surface area contributed by atoms with E-state index in [-0.39, 0.29) is 5.91 Å². The quantitative estimate of drug-likeness (QED) is 0.668. The molecule has 1 amide bonds. The molecule has 1 aliphatic carbocycles. The average Bonchev–Trinajstić information content (AvgIpc) is 3.34. The van der Waals surface area contributed by atoms with Crippen molar-refractivity contribution >= 4 is 23.6 Å². The van der Waals surface area contributed by atoms with Gasteiger partial charge in [-0.3, -0.25) is 4.79 Å². The minimum atomic E-state index is 0.102. The Kier molecular flexibility index (Phi) is 6.27. The molecule has 0 spiro atoms. The van der Waals surface area contributed by atoms with Gasteiger partial charge >= 0.3 is 0 Å². The minimum absolute atomic E-state index is 0.102. The van der Waals surface area contributed by atoms with Gasteiger partial charge in [0.05, 0.1) is 5.75 Å². The smallest absolute Gasteiger partial charge is 0.234 e. The summed E-state index contributed by atoms with van der Waals surface area (Å²) in [6, 6.07) is 2.53. The molecule has 10 heteroatoms. The number of aryl methyl sites for hydroxylation is 2. The van der Waals surface area contributed by atoms with E-state index in [9.17, 15) is 10.1 Å². The van der Waals surface area contributed by atoms with Crippen molar-refractivity contribution in [3.63, 3.8) is 0 Å². The number of amides is 1. The largest absolute Gasteiger partial charge is 0.424 e. The lowest BCUT2D eigenvalue weighted by atomic mass is 9.95. The predicted octanol–water partition coefficient (Wildman–Crippen LogP) is 2.70. The number of carbonyl (C=O) groups is 1. The van der Waals surface area contributed by atoms with Crippen LogP contribution in [0.15, 0.2) is 9.57 Å². The van der Waals surface area contributed by atoms with E-state index in [1.54, 1.807) is 6.92 Å². The maximum absolute atomic E-state index is 12.8. The molecule has 0 radical (unpaired) electrons. The Morgan fingerprint density at radius 1 is 1.17 bits per heavy atom. The predicted molar refractivity (Wildman–Crippen MR) is 112 cm³/mol. The van der Waals surface area contributed by atoms with Crippen LogP contribution in [0, 0.1) is 25.2 Å². The Morgan fingerprint density at radius 2 is 1.90 bits per heavy atom. The van der Waals surface area contributed by atoms with Crippen LogP contribution in [0.4, 0.5) is 5.88 Å². The highest BCUT2D eigenvalue weighted by Gasteiger charge is 2.27. The normalized spacial score (nSPS) is 17.9. The first-order valence-electron chi connectivity index (χ1n) is 10.5. The number of oxazole rings is 1.